The zero-order valence-corrected chi connectivity index (χ0v) is 22.1. The first-order valence-corrected chi connectivity index (χ1v) is 12.9. The van der Waals surface area contributed by atoms with Crippen molar-refractivity contribution in [3.63, 3.8) is 0 Å². The van der Waals surface area contributed by atoms with Crippen LogP contribution < -0.4 is 15.4 Å². The third kappa shape index (κ3) is 6.98. The van der Waals surface area contributed by atoms with Crippen molar-refractivity contribution < 1.29 is 18.7 Å². The summed E-state index contributed by atoms with van der Waals surface area (Å²) in [5, 5.41) is 14.7. The Kier molecular flexibility index (Phi) is 8.75. The molecule has 0 aliphatic heterocycles. The fraction of sp³-hybridized carbons (Fsp3) is 0.214. The first kappa shape index (κ1) is 26.9. The number of halogens is 1. The molecule has 38 heavy (non-hydrogen) atoms. The van der Waals surface area contributed by atoms with Gasteiger partial charge in [0, 0.05) is 11.4 Å². The van der Waals surface area contributed by atoms with Gasteiger partial charge in [0.1, 0.15) is 11.6 Å². The molecule has 1 heterocycles. The number of aryl methyl sites for hydroxylation is 2. The lowest BCUT2D eigenvalue weighted by molar-refractivity contribution is -0.120. The lowest BCUT2D eigenvalue weighted by atomic mass is 10.1. The molecule has 0 unspecified atom stereocenters. The SMILES string of the molecule is COc1ccc(CC(=O)NCc2nnc(SCC(=O)Nc3cc(C)ccc3C)n2-c2ccc(F)cc2)cc1. The highest BCUT2D eigenvalue weighted by molar-refractivity contribution is 7.99. The molecule has 10 heteroatoms. The molecule has 1 aromatic heterocycles. The van der Waals surface area contributed by atoms with Crippen molar-refractivity contribution in [3.05, 3.63) is 95.1 Å². The van der Waals surface area contributed by atoms with E-state index in [4.69, 9.17) is 4.74 Å². The van der Waals surface area contributed by atoms with Gasteiger partial charge in [0.2, 0.25) is 11.8 Å². The number of hydrogen-bond donors (Lipinski definition) is 2. The maximum Gasteiger partial charge on any atom is 0.234 e. The molecule has 196 valence electrons. The average Bonchev–Trinajstić information content (AvgIpc) is 3.32. The second kappa shape index (κ2) is 12.4. The van der Waals surface area contributed by atoms with Gasteiger partial charge < -0.3 is 15.4 Å². The van der Waals surface area contributed by atoms with Crippen molar-refractivity contribution in [2.45, 2.75) is 32.0 Å². The van der Waals surface area contributed by atoms with Crippen LogP contribution in [0.2, 0.25) is 0 Å². The van der Waals surface area contributed by atoms with E-state index < -0.39 is 0 Å². The van der Waals surface area contributed by atoms with Crippen molar-refractivity contribution in [3.8, 4) is 11.4 Å². The van der Waals surface area contributed by atoms with Gasteiger partial charge in [-0.1, -0.05) is 36.0 Å². The number of anilines is 1. The Bertz CT molecular complexity index is 1420. The van der Waals surface area contributed by atoms with Crippen LogP contribution in [0.5, 0.6) is 5.75 Å². The number of aromatic nitrogens is 3. The minimum atomic E-state index is -0.377. The van der Waals surface area contributed by atoms with Gasteiger partial charge >= 0.3 is 0 Å². The number of thioether (sulfide) groups is 1. The Hall–Kier alpha value is -4.18. The molecule has 0 radical (unpaired) electrons. The first-order chi connectivity index (χ1) is 18.3. The van der Waals surface area contributed by atoms with Gasteiger partial charge in [-0.2, -0.15) is 0 Å². The van der Waals surface area contributed by atoms with E-state index >= 15 is 0 Å². The summed E-state index contributed by atoms with van der Waals surface area (Å²) >= 11 is 1.20. The highest BCUT2D eigenvalue weighted by Crippen LogP contribution is 2.24. The number of nitrogens with one attached hydrogen (secondary N) is 2. The van der Waals surface area contributed by atoms with Crippen LogP contribution >= 0.6 is 11.8 Å². The van der Waals surface area contributed by atoms with Crippen LogP contribution in [-0.2, 0) is 22.6 Å². The first-order valence-electron chi connectivity index (χ1n) is 11.9. The van der Waals surface area contributed by atoms with Crippen molar-refractivity contribution in [1.29, 1.82) is 0 Å². The molecule has 4 rings (SSSR count). The second-order valence-corrected chi connectivity index (χ2v) is 9.61. The van der Waals surface area contributed by atoms with Crippen LogP contribution in [0.4, 0.5) is 10.1 Å². The average molecular weight is 534 g/mol. The van der Waals surface area contributed by atoms with Crippen LogP contribution in [0, 0.1) is 19.7 Å². The quantitative estimate of drug-likeness (QED) is 0.289. The molecule has 0 saturated carbocycles. The molecule has 2 amide bonds. The summed E-state index contributed by atoms with van der Waals surface area (Å²) in [7, 11) is 1.59. The summed E-state index contributed by atoms with van der Waals surface area (Å²) in [5.74, 6) is 0.513. The van der Waals surface area contributed by atoms with Crippen molar-refractivity contribution >= 4 is 29.3 Å². The van der Waals surface area contributed by atoms with E-state index in [1.54, 1.807) is 35.9 Å². The number of ether oxygens (including phenoxy) is 1. The summed E-state index contributed by atoms with van der Waals surface area (Å²) < 4.78 is 20.5. The number of rotatable bonds is 10. The number of amides is 2. The monoisotopic (exact) mass is 533 g/mol. The zero-order chi connectivity index (χ0) is 27.1. The number of hydrogen-bond acceptors (Lipinski definition) is 6. The fourth-order valence-electron chi connectivity index (χ4n) is 3.71. The van der Waals surface area contributed by atoms with Gasteiger partial charge in [0.05, 0.1) is 25.8 Å². The van der Waals surface area contributed by atoms with Crippen LogP contribution in [-0.4, -0.2) is 39.4 Å². The maximum atomic E-state index is 13.6. The number of carbonyl (C=O) groups excluding carboxylic acids is 2. The maximum absolute atomic E-state index is 13.6. The predicted molar refractivity (Wildman–Crippen MR) is 145 cm³/mol. The molecule has 2 N–H and O–H groups in total. The highest BCUT2D eigenvalue weighted by Gasteiger charge is 2.17. The number of benzene rings is 3. The van der Waals surface area contributed by atoms with Crippen LogP contribution in [0.1, 0.15) is 22.5 Å². The van der Waals surface area contributed by atoms with Crippen molar-refractivity contribution in [2.75, 3.05) is 18.2 Å². The van der Waals surface area contributed by atoms with E-state index in [1.165, 1.54) is 23.9 Å². The van der Waals surface area contributed by atoms with Gasteiger partial charge in [-0.15, -0.1) is 10.2 Å². The second-order valence-electron chi connectivity index (χ2n) is 8.67. The Morgan fingerprint density at radius 1 is 0.974 bits per heavy atom. The Morgan fingerprint density at radius 3 is 2.42 bits per heavy atom. The Balaban J connectivity index is 1.45. The molecule has 8 nitrogen and oxygen atoms in total. The number of methoxy groups -OCH3 is 1. The molecule has 0 aliphatic rings. The van der Waals surface area contributed by atoms with Gasteiger partial charge in [-0.25, -0.2) is 4.39 Å². The normalized spacial score (nSPS) is 10.7. The fourth-order valence-corrected chi connectivity index (χ4v) is 4.48. The number of carbonyl (C=O) groups is 2. The third-order valence-electron chi connectivity index (χ3n) is 5.75. The standard InChI is InChI=1S/C28H28FN5O3S/c1-18-4-5-19(2)24(14-18)31-27(36)17-38-28-33-32-25(34(28)22-10-8-21(29)9-11-22)16-30-26(35)15-20-6-12-23(37-3)13-7-20/h4-14H,15-17H2,1-3H3,(H,30,35)(H,31,36). The van der Waals surface area contributed by atoms with E-state index in [0.717, 1.165) is 22.4 Å². The Morgan fingerprint density at radius 2 is 1.71 bits per heavy atom. The molecule has 4 aromatic rings. The molecule has 0 aliphatic carbocycles. The van der Waals surface area contributed by atoms with E-state index in [2.05, 4.69) is 20.8 Å². The van der Waals surface area contributed by atoms with Crippen LogP contribution in [0.3, 0.4) is 0 Å². The van der Waals surface area contributed by atoms with Crippen LogP contribution in [0.25, 0.3) is 5.69 Å². The summed E-state index contributed by atoms with van der Waals surface area (Å²) in [4.78, 5) is 25.2. The molecular formula is C28H28FN5O3S. The van der Waals surface area contributed by atoms with E-state index in [9.17, 15) is 14.0 Å². The van der Waals surface area contributed by atoms with E-state index in [1.807, 2.05) is 44.2 Å². The summed E-state index contributed by atoms with van der Waals surface area (Å²) in [5.41, 5.74) is 4.24. The summed E-state index contributed by atoms with van der Waals surface area (Å²) in [6.45, 7) is 4.00. The largest absolute Gasteiger partial charge is 0.497 e. The van der Waals surface area contributed by atoms with Gasteiger partial charge in [0.15, 0.2) is 11.0 Å². The molecule has 0 bridgehead atoms. The van der Waals surface area contributed by atoms with Gasteiger partial charge in [-0.05, 0) is 73.0 Å². The Labute approximate surface area is 224 Å². The lowest BCUT2D eigenvalue weighted by Gasteiger charge is -2.12. The van der Waals surface area contributed by atoms with Crippen LogP contribution in [0.15, 0.2) is 71.9 Å². The smallest absolute Gasteiger partial charge is 0.234 e. The minimum absolute atomic E-state index is 0.0938. The minimum Gasteiger partial charge on any atom is -0.497 e. The zero-order valence-electron chi connectivity index (χ0n) is 21.3. The molecule has 0 saturated heterocycles. The van der Waals surface area contributed by atoms with Crippen molar-refractivity contribution in [2.24, 2.45) is 0 Å². The molecule has 0 spiro atoms. The summed E-state index contributed by atoms with van der Waals surface area (Å²) in [6, 6.07) is 19.0. The van der Waals surface area contributed by atoms with Gasteiger partial charge in [0.25, 0.3) is 0 Å². The lowest BCUT2D eigenvalue weighted by Crippen LogP contribution is -2.26. The third-order valence-corrected chi connectivity index (χ3v) is 6.68. The number of nitrogens with zero attached hydrogens (tertiary/aromatic N) is 3. The van der Waals surface area contributed by atoms with E-state index in [-0.39, 0.29) is 36.4 Å². The van der Waals surface area contributed by atoms with E-state index in [0.29, 0.717) is 22.4 Å². The molecule has 0 fully saturated rings. The highest BCUT2D eigenvalue weighted by atomic mass is 32.2. The molecule has 3 aromatic carbocycles. The predicted octanol–water partition coefficient (Wildman–Crippen LogP) is 4.62. The molecule has 0 atom stereocenters. The van der Waals surface area contributed by atoms with Crippen molar-refractivity contribution in [1.82, 2.24) is 20.1 Å². The summed E-state index contributed by atoms with van der Waals surface area (Å²) in [6.07, 6.45) is 0.189. The molecular weight excluding hydrogens is 505 g/mol. The topological polar surface area (TPSA) is 98.1 Å². The van der Waals surface area contributed by atoms with Gasteiger partial charge in [-0.3, -0.25) is 14.2 Å².